The molecule has 11 heteroatoms. The molecule has 0 saturated carbocycles. The Hall–Kier alpha value is -3.34. The van der Waals surface area contributed by atoms with Crippen LogP contribution in [0.15, 0.2) is 35.2 Å². The molecule has 1 aliphatic heterocycles. The van der Waals surface area contributed by atoms with E-state index in [0.29, 0.717) is 17.9 Å². The largest absolute Gasteiger partial charge is 0.509 e. The zero-order valence-corrected chi connectivity index (χ0v) is 23.7. The van der Waals surface area contributed by atoms with E-state index in [-0.39, 0.29) is 13.0 Å². The summed E-state index contributed by atoms with van der Waals surface area (Å²) < 4.78 is 27.7. The summed E-state index contributed by atoms with van der Waals surface area (Å²) in [6.07, 6.45) is -3.21. The summed E-state index contributed by atoms with van der Waals surface area (Å²) in [4.78, 5) is 44.4. The molecule has 1 amide bonds. The van der Waals surface area contributed by atoms with Crippen LogP contribution in [0.1, 0.15) is 52.8 Å². The number of likely N-dealkylation sites (tertiary alicyclic amines) is 1. The molecule has 2 aromatic rings. The Bertz CT molecular complexity index is 1090. The van der Waals surface area contributed by atoms with Gasteiger partial charge in [-0.1, -0.05) is 12.1 Å². The second kappa shape index (κ2) is 12.0. The molecule has 0 N–H and O–H groups in total. The maximum absolute atomic E-state index is 13.3. The number of ether oxygens (including phenoxy) is 5. The van der Waals surface area contributed by atoms with Crippen LogP contribution >= 0.6 is 11.3 Å². The van der Waals surface area contributed by atoms with Crippen molar-refractivity contribution in [2.75, 3.05) is 13.7 Å². The third kappa shape index (κ3) is 8.61. The Morgan fingerprint density at radius 2 is 1.66 bits per heavy atom. The normalized spacial score (nSPS) is 19.6. The van der Waals surface area contributed by atoms with E-state index in [0.717, 1.165) is 5.56 Å². The van der Waals surface area contributed by atoms with Gasteiger partial charge in [0.2, 0.25) is 0 Å². The molecular formula is C27H36N2O8S. The van der Waals surface area contributed by atoms with Crippen LogP contribution in [0.3, 0.4) is 0 Å². The fraction of sp³-hybridized carbons (Fsp3) is 0.556. The minimum absolute atomic E-state index is 0.0381. The van der Waals surface area contributed by atoms with Gasteiger partial charge in [0.15, 0.2) is 12.2 Å². The summed E-state index contributed by atoms with van der Waals surface area (Å²) in [6.45, 7) is 10.4. The number of aromatic nitrogens is 1. The first-order valence-electron chi connectivity index (χ1n) is 12.3. The lowest BCUT2D eigenvalue weighted by Crippen LogP contribution is -2.45. The fourth-order valence-electron chi connectivity index (χ4n) is 3.94. The van der Waals surface area contributed by atoms with Gasteiger partial charge in [0.25, 0.3) is 0 Å². The zero-order valence-electron chi connectivity index (χ0n) is 22.9. The monoisotopic (exact) mass is 548 g/mol. The molecule has 0 bridgehead atoms. The molecule has 3 atom stereocenters. The second-order valence-corrected chi connectivity index (χ2v) is 11.7. The van der Waals surface area contributed by atoms with E-state index in [2.05, 4.69) is 4.98 Å². The second-order valence-electron chi connectivity index (χ2n) is 11.0. The molecule has 0 aliphatic carbocycles. The highest BCUT2D eigenvalue weighted by atomic mass is 32.1. The van der Waals surface area contributed by atoms with Gasteiger partial charge in [0.05, 0.1) is 37.3 Å². The standard InChI is InChI=1S/C27H36N2O8S/c1-26(2,3)36-24(31)29-14-21(34-25(32)37-27(4,5)6)23(35-22(30)13-18-15-38-16-28-18)20(29)12-17-8-10-19(33-7)11-9-17/h8-11,15-16,20-21,23H,12-14H2,1-7H3/t20-,21+,23+/m1/s1. The van der Waals surface area contributed by atoms with Crippen LogP contribution in [0.5, 0.6) is 5.75 Å². The van der Waals surface area contributed by atoms with Gasteiger partial charge in [0.1, 0.15) is 17.0 Å². The van der Waals surface area contributed by atoms with Crippen LogP contribution in [0.25, 0.3) is 0 Å². The van der Waals surface area contributed by atoms with Gasteiger partial charge in [-0.25, -0.2) is 14.6 Å². The molecular weight excluding hydrogens is 512 g/mol. The van der Waals surface area contributed by atoms with Gasteiger partial charge in [-0.15, -0.1) is 11.3 Å². The molecule has 208 valence electrons. The smallest absolute Gasteiger partial charge is 0.497 e. The minimum Gasteiger partial charge on any atom is -0.497 e. The average molecular weight is 549 g/mol. The van der Waals surface area contributed by atoms with E-state index in [4.69, 9.17) is 23.7 Å². The average Bonchev–Trinajstić information content (AvgIpc) is 3.41. The number of hydrogen-bond donors (Lipinski definition) is 0. The van der Waals surface area contributed by atoms with Crippen LogP contribution in [0.2, 0.25) is 0 Å². The van der Waals surface area contributed by atoms with Crippen LogP contribution in [0.4, 0.5) is 9.59 Å². The summed E-state index contributed by atoms with van der Waals surface area (Å²) in [7, 11) is 1.58. The summed E-state index contributed by atoms with van der Waals surface area (Å²) in [5.41, 5.74) is 1.51. The highest BCUT2D eigenvalue weighted by molar-refractivity contribution is 7.07. The van der Waals surface area contributed by atoms with Gasteiger partial charge >= 0.3 is 18.2 Å². The lowest BCUT2D eigenvalue weighted by Gasteiger charge is -2.30. The van der Waals surface area contributed by atoms with Crippen LogP contribution in [-0.4, -0.2) is 71.2 Å². The highest BCUT2D eigenvalue weighted by Gasteiger charge is 2.50. The maximum Gasteiger partial charge on any atom is 0.509 e. The molecule has 0 unspecified atom stereocenters. The van der Waals surface area contributed by atoms with E-state index >= 15 is 0 Å². The molecule has 1 aromatic heterocycles. The number of thiazole rings is 1. The molecule has 1 aliphatic rings. The number of rotatable bonds is 7. The number of benzene rings is 1. The van der Waals surface area contributed by atoms with E-state index in [1.165, 1.54) is 16.2 Å². The van der Waals surface area contributed by atoms with E-state index < -0.39 is 47.7 Å². The van der Waals surface area contributed by atoms with Gasteiger partial charge in [-0.3, -0.25) is 9.69 Å². The predicted molar refractivity (Wildman–Crippen MR) is 140 cm³/mol. The Labute approximate surface area is 227 Å². The van der Waals surface area contributed by atoms with Crippen LogP contribution < -0.4 is 4.74 Å². The molecule has 1 saturated heterocycles. The molecule has 1 fully saturated rings. The van der Waals surface area contributed by atoms with E-state index in [1.54, 1.807) is 71.7 Å². The first-order valence-corrected chi connectivity index (χ1v) is 13.3. The molecule has 1 aromatic carbocycles. The van der Waals surface area contributed by atoms with Gasteiger partial charge in [0, 0.05) is 5.38 Å². The van der Waals surface area contributed by atoms with Crippen LogP contribution in [-0.2, 0) is 36.6 Å². The summed E-state index contributed by atoms with van der Waals surface area (Å²) in [6, 6.07) is 6.66. The van der Waals surface area contributed by atoms with Crippen LogP contribution in [0, 0.1) is 0 Å². The van der Waals surface area contributed by atoms with Gasteiger partial charge in [-0.2, -0.15) is 0 Å². The third-order valence-electron chi connectivity index (χ3n) is 5.47. The predicted octanol–water partition coefficient (Wildman–Crippen LogP) is 4.79. The molecule has 3 rings (SSSR count). The topological polar surface area (TPSA) is 113 Å². The van der Waals surface area contributed by atoms with Crippen molar-refractivity contribution < 1.29 is 38.1 Å². The third-order valence-corrected chi connectivity index (χ3v) is 6.10. The quantitative estimate of drug-likeness (QED) is 0.356. The van der Waals surface area contributed by atoms with Crippen molar-refractivity contribution in [1.29, 1.82) is 0 Å². The summed E-state index contributed by atoms with van der Waals surface area (Å²) in [5.74, 6) is 0.131. The number of esters is 1. The lowest BCUT2D eigenvalue weighted by atomic mass is 10.0. The fourth-order valence-corrected chi connectivity index (χ4v) is 4.50. The number of carbonyl (C=O) groups excluding carboxylic acids is 3. The van der Waals surface area contributed by atoms with Crippen molar-refractivity contribution in [3.8, 4) is 5.75 Å². The van der Waals surface area contributed by atoms with Crippen molar-refractivity contribution >= 4 is 29.6 Å². The maximum atomic E-state index is 13.3. The number of hydrogen-bond acceptors (Lipinski definition) is 10. The highest BCUT2D eigenvalue weighted by Crippen LogP contribution is 2.30. The molecule has 10 nitrogen and oxygen atoms in total. The van der Waals surface area contributed by atoms with Gasteiger partial charge in [-0.05, 0) is 65.7 Å². The first kappa shape index (κ1) is 29.2. The minimum atomic E-state index is -0.972. The SMILES string of the molecule is COc1ccc(C[C@@H]2[C@H](OC(=O)Cc3cscn3)[C@@H](OC(=O)OC(C)(C)C)CN2C(=O)OC(C)(C)C)cc1. The van der Waals surface area contributed by atoms with Gasteiger partial charge < -0.3 is 23.7 Å². The Kier molecular flexibility index (Phi) is 9.24. The molecule has 2 heterocycles. The molecule has 0 spiro atoms. The Morgan fingerprint density at radius 3 is 2.21 bits per heavy atom. The lowest BCUT2D eigenvalue weighted by molar-refractivity contribution is -0.155. The Morgan fingerprint density at radius 1 is 1.00 bits per heavy atom. The molecule has 0 radical (unpaired) electrons. The van der Waals surface area contributed by atoms with Crippen molar-refractivity contribution in [2.45, 2.75) is 83.8 Å². The number of amides is 1. The van der Waals surface area contributed by atoms with Crippen molar-refractivity contribution in [2.24, 2.45) is 0 Å². The Balaban J connectivity index is 1.92. The van der Waals surface area contributed by atoms with E-state index in [9.17, 15) is 14.4 Å². The summed E-state index contributed by atoms with van der Waals surface area (Å²) >= 11 is 1.37. The zero-order chi connectivity index (χ0) is 28.1. The van der Waals surface area contributed by atoms with Crippen molar-refractivity contribution in [1.82, 2.24) is 9.88 Å². The number of methoxy groups -OCH3 is 1. The molecule has 38 heavy (non-hydrogen) atoms. The first-order chi connectivity index (χ1) is 17.7. The van der Waals surface area contributed by atoms with Crippen molar-refractivity contribution in [3.05, 3.63) is 46.4 Å². The van der Waals surface area contributed by atoms with E-state index in [1.807, 2.05) is 12.1 Å². The van der Waals surface area contributed by atoms with Crippen molar-refractivity contribution in [3.63, 3.8) is 0 Å². The summed E-state index contributed by atoms with van der Waals surface area (Å²) in [5, 5.41) is 1.76. The number of nitrogens with zero attached hydrogens (tertiary/aromatic N) is 2. The number of carbonyl (C=O) groups is 3.